The first-order chi connectivity index (χ1) is 9.66. The van der Waals surface area contributed by atoms with Crippen LogP contribution in [-0.4, -0.2) is 9.97 Å². The zero-order chi connectivity index (χ0) is 14.1. The topological polar surface area (TPSA) is 51.8 Å². The van der Waals surface area contributed by atoms with Crippen LogP contribution in [0.1, 0.15) is 0 Å². The third kappa shape index (κ3) is 2.38. The molecule has 0 fully saturated rings. The van der Waals surface area contributed by atoms with E-state index in [1.54, 1.807) is 12.3 Å². The number of thiazole rings is 1. The van der Waals surface area contributed by atoms with Crippen LogP contribution in [0.2, 0.25) is 10.0 Å². The maximum atomic E-state index is 6.21. The van der Waals surface area contributed by atoms with Gasteiger partial charge in [-0.15, -0.1) is 11.3 Å². The van der Waals surface area contributed by atoms with Gasteiger partial charge >= 0.3 is 0 Å². The van der Waals surface area contributed by atoms with Gasteiger partial charge in [0.05, 0.1) is 21.3 Å². The Balaban J connectivity index is 2.07. The molecular weight excluding hydrogens is 313 g/mol. The molecule has 0 unspecified atom stereocenters. The van der Waals surface area contributed by atoms with Gasteiger partial charge < -0.3 is 5.73 Å². The molecule has 100 valence electrons. The molecule has 2 aromatic heterocycles. The van der Waals surface area contributed by atoms with Crippen LogP contribution in [0.3, 0.4) is 0 Å². The van der Waals surface area contributed by atoms with E-state index in [0.29, 0.717) is 15.9 Å². The summed E-state index contributed by atoms with van der Waals surface area (Å²) in [6.07, 6.45) is 1.65. The summed E-state index contributed by atoms with van der Waals surface area (Å²) in [5.41, 5.74) is 8.27. The molecule has 0 saturated heterocycles. The highest BCUT2D eigenvalue weighted by Crippen LogP contribution is 2.36. The number of nitrogens with two attached hydrogens (primary N) is 1. The zero-order valence-corrected chi connectivity index (χ0v) is 12.5. The molecule has 0 spiro atoms. The van der Waals surface area contributed by atoms with E-state index in [1.807, 2.05) is 29.6 Å². The predicted octanol–water partition coefficient (Wildman–Crippen LogP) is 4.76. The van der Waals surface area contributed by atoms with Gasteiger partial charge in [0.25, 0.3) is 0 Å². The largest absolute Gasteiger partial charge is 0.383 e. The fourth-order valence-electron chi connectivity index (χ4n) is 1.82. The highest BCUT2D eigenvalue weighted by Gasteiger charge is 2.13. The number of benzene rings is 1. The summed E-state index contributed by atoms with van der Waals surface area (Å²) in [5.74, 6) is 0.464. The SMILES string of the molecule is Nc1ncccc1-c1nc(-c2cccc(Cl)c2Cl)cs1. The van der Waals surface area contributed by atoms with Gasteiger partial charge in [0.15, 0.2) is 0 Å². The Morgan fingerprint density at radius 2 is 1.85 bits per heavy atom. The van der Waals surface area contributed by atoms with Gasteiger partial charge in [0.2, 0.25) is 0 Å². The van der Waals surface area contributed by atoms with Crippen molar-refractivity contribution >= 4 is 40.4 Å². The average Bonchev–Trinajstić information content (AvgIpc) is 2.92. The Hall–Kier alpha value is -1.62. The number of aromatic nitrogens is 2. The molecular formula is C14H9Cl2N3S. The third-order valence-corrected chi connectivity index (χ3v) is 4.50. The summed E-state index contributed by atoms with van der Waals surface area (Å²) < 4.78 is 0. The van der Waals surface area contributed by atoms with Crippen molar-refractivity contribution in [3.8, 4) is 21.8 Å². The molecule has 20 heavy (non-hydrogen) atoms. The summed E-state index contributed by atoms with van der Waals surface area (Å²) in [4.78, 5) is 8.64. The lowest BCUT2D eigenvalue weighted by molar-refractivity contribution is 1.32. The number of halogens is 2. The summed E-state index contributed by atoms with van der Waals surface area (Å²) in [6, 6.07) is 9.21. The number of nitrogens with zero attached hydrogens (tertiary/aromatic N) is 2. The smallest absolute Gasteiger partial charge is 0.133 e. The van der Waals surface area contributed by atoms with E-state index >= 15 is 0 Å². The second-order valence-corrected chi connectivity index (χ2v) is 5.72. The van der Waals surface area contributed by atoms with Crippen molar-refractivity contribution in [3.05, 3.63) is 52.0 Å². The highest BCUT2D eigenvalue weighted by molar-refractivity contribution is 7.13. The van der Waals surface area contributed by atoms with Crippen molar-refractivity contribution in [2.75, 3.05) is 5.73 Å². The minimum absolute atomic E-state index is 0.464. The van der Waals surface area contributed by atoms with Crippen LogP contribution >= 0.6 is 34.5 Å². The standard InChI is InChI=1S/C14H9Cl2N3S/c15-10-5-1-3-8(12(10)16)11-7-20-14(19-11)9-4-2-6-18-13(9)17/h1-7H,(H2,17,18). The van der Waals surface area contributed by atoms with Gasteiger partial charge in [0, 0.05) is 17.1 Å². The van der Waals surface area contributed by atoms with Crippen LogP contribution in [0.4, 0.5) is 5.82 Å². The number of hydrogen-bond acceptors (Lipinski definition) is 4. The Morgan fingerprint density at radius 3 is 2.65 bits per heavy atom. The molecule has 0 aliphatic carbocycles. The van der Waals surface area contributed by atoms with E-state index in [4.69, 9.17) is 28.9 Å². The molecule has 1 aromatic carbocycles. The second kappa shape index (κ2) is 5.40. The Morgan fingerprint density at radius 1 is 1.05 bits per heavy atom. The molecule has 0 aliphatic rings. The van der Waals surface area contributed by atoms with Gasteiger partial charge in [-0.1, -0.05) is 35.3 Å². The molecule has 3 rings (SSSR count). The van der Waals surface area contributed by atoms with Gasteiger partial charge in [-0.25, -0.2) is 9.97 Å². The van der Waals surface area contributed by atoms with Crippen molar-refractivity contribution in [3.63, 3.8) is 0 Å². The molecule has 0 bridgehead atoms. The van der Waals surface area contributed by atoms with Crippen LogP contribution in [0.25, 0.3) is 21.8 Å². The van der Waals surface area contributed by atoms with E-state index in [9.17, 15) is 0 Å². The molecule has 2 heterocycles. The van der Waals surface area contributed by atoms with Gasteiger partial charge in [-0.2, -0.15) is 0 Å². The lowest BCUT2D eigenvalue weighted by atomic mass is 10.2. The molecule has 0 radical (unpaired) electrons. The van der Waals surface area contributed by atoms with Crippen LogP contribution in [0, 0.1) is 0 Å². The van der Waals surface area contributed by atoms with Crippen LogP contribution in [-0.2, 0) is 0 Å². The van der Waals surface area contributed by atoms with Crippen molar-refractivity contribution in [2.45, 2.75) is 0 Å². The quantitative estimate of drug-likeness (QED) is 0.740. The second-order valence-electron chi connectivity index (χ2n) is 4.08. The molecule has 0 saturated carbocycles. The average molecular weight is 322 g/mol. The number of hydrogen-bond donors (Lipinski definition) is 1. The van der Waals surface area contributed by atoms with E-state index in [2.05, 4.69) is 9.97 Å². The van der Waals surface area contributed by atoms with E-state index in [-0.39, 0.29) is 0 Å². The van der Waals surface area contributed by atoms with Crippen LogP contribution in [0.15, 0.2) is 41.9 Å². The molecule has 2 N–H and O–H groups in total. The lowest BCUT2D eigenvalue weighted by Crippen LogP contribution is -1.92. The number of rotatable bonds is 2. The fourth-order valence-corrected chi connectivity index (χ4v) is 3.07. The minimum atomic E-state index is 0.464. The van der Waals surface area contributed by atoms with Crippen molar-refractivity contribution in [1.29, 1.82) is 0 Å². The Labute approximate surface area is 130 Å². The number of pyridine rings is 1. The predicted molar refractivity (Wildman–Crippen MR) is 85.2 cm³/mol. The van der Waals surface area contributed by atoms with Crippen molar-refractivity contribution in [2.24, 2.45) is 0 Å². The maximum absolute atomic E-state index is 6.21. The molecule has 0 aliphatic heterocycles. The molecule has 3 nitrogen and oxygen atoms in total. The first-order valence-electron chi connectivity index (χ1n) is 5.77. The molecule has 3 aromatic rings. The van der Waals surface area contributed by atoms with Gasteiger partial charge in [-0.3, -0.25) is 0 Å². The lowest BCUT2D eigenvalue weighted by Gasteiger charge is -2.02. The number of nitrogen functional groups attached to an aromatic ring is 1. The van der Waals surface area contributed by atoms with Crippen molar-refractivity contribution in [1.82, 2.24) is 9.97 Å². The first-order valence-corrected chi connectivity index (χ1v) is 7.41. The summed E-state index contributed by atoms with van der Waals surface area (Å²) in [6.45, 7) is 0. The van der Waals surface area contributed by atoms with E-state index in [0.717, 1.165) is 21.8 Å². The minimum Gasteiger partial charge on any atom is -0.383 e. The highest BCUT2D eigenvalue weighted by atomic mass is 35.5. The Kier molecular flexibility index (Phi) is 3.61. The summed E-state index contributed by atoms with van der Waals surface area (Å²) in [7, 11) is 0. The Bertz CT molecular complexity index is 771. The van der Waals surface area contributed by atoms with Crippen molar-refractivity contribution < 1.29 is 0 Å². The molecule has 6 heteroatoms. The summed E-state index contributed by atoms with van der Waals surface area (Å²) >= 11 is 13.7. The van der Waals surface area contributed by atoms with E-state index in [1.165, 1.54) is 11.3 Å². The van der Waals surface area contributed by atoms with Crippen LogP contribution in [0.5, 0.6) is 0 Å². The van der Waals surface area contributed by atoms with Crippen LogP contribution < -0.4 is 5.73 Å². The maximum Gasteiger partial charge on any atom is 0.133 e. The number of anilines is 1. The first kappa shape index (κ1) is 13.4. The van der Waals surface area contributed by atoms with Gasteiger partial charge in [0.1, 0.15) is 10.8 Å². The monoisotopic (exact) mass is 321 g/mol. The molecule has 0 amide bonds. The normalized spacial score (nSPS) is 10.7. The van der Waals surface area contributed by atoms with Gasteiger partial charge in [-0.05, 0) is 18.2 Å². The summed E-state index contributed by atoms with van der Waals surface area (Å²) in [5, 5.41) is 3.76. The fraction of sp³-hybridized carbons (Fsp3) is 0. The molecule has 0 atom stereocenters. The van der Waals surface area contributed by atoms with E-state index < -0.39 is 0 Å². The third-order valence-electron chi connectivity index (χ3n) is 2.80. The zero-order valence-electron chi connectivity index (χ0n) is 10.2.